The highest BCUT2D eigenvalue weighted by Crippen LogP contribution is 2.19. The summed E-state index contributed by atoms with van der Waals surface area (Å²) in [6, 6.07) is 21.7. The molecular weight excluding hydrogens is 464 g/mol. The molecule has 0 aliphatic heterocycles. The van der Waals surface area contributed by atoms with Crippen LogP contribution in [0, 0.1) is 0 Å². The maximum absolute atomic E-state index is 13.2. The van der Waals surface area contributed by atoms with E-state index in [4.69, 9.17) is 0 Å². The van der Waals surface area contributed by atoms with Gasteiger partial charge in [0.15, 0.2) is 0 Å². The van der Waals surface area contributed by atoms with Crippen LogP contribution in [0.5, 0.6) is 0 Å². The molecule has 8 nitrogen and oxygen atoms in total. The number of aromatic amines is 1. The van der Waals surface area contributed by atoms with Crippen LogP contribution < -0.4 is 10.3 Å². The van der Waals surface area contributed by atoms with Crippen molar-refractivity contribution in [1.82, 2.24) is 19.6 Å². The Balaban J connectivity index is 1.56. The van der Waals surface area contributed by atoms with Gasteiger partial charge in [0, 0.05) is 18.2 Å². The zero-order valence-electron chi connectivity index (χ0n) is 19.4. The van der Waals surface area contributed by atoms with Crippen molar-refractivity contribution in [1.29, 1.82) is 0 Å². The van der Waals surface area contributed by atoms with Gasteiger partial charge in [-0.15, -0.1) is 0 Å². The molecule has 1 heterocycles. The van der Waals surface area contributed by atoms with Gasteiger partial charge in [-0.2, -0.15) is 0 Å². The van der Waals surface area contributed by atoms with Crippen LogP contribution in [-0.2, 0) is 16.6 Å². The van der Waals surface area contributed by atoms with Gasteiger partial charge in [0.1, 0.15) is 5.82 Å². The predicted octanol–water partition coefficient (Wildman–Crippen LogP) is 3.62. The lowest BCUT2D eigenvalue weighted by atomic mass is 10.1. The third-order valence-corrected chi connectivity index (χ3v) is 7.23. The molecule has 1 atom stereocenters. The summed E-state index contributed by atoms with van der Waals surface area (Å²) in [7, 11) is -3.87. The minimum atomic E-state index is -3.87. The summed E-state index contributed by atoms with van der Waals surface area (Å²) in [5.74, 6) is -0.0116. The zero-order chi connectivity index (χ0) is 25.0. The summed E-state index contributed by atoms with van der Waals surface area (Å²) >= 11 is 0. The van der Waals surface area contributed by atoms with E-state index in [1.165, 1.54) is 17.0 Å². The van der Waals surface area contributed by atoms with E-state index in [9.17, 15) is 18.0 Å². The van der Waals surface area contributed by atoms with E-state index < -0.39 is 16.1 Å². The highest BCUT2D eigenvalue weighted by atomic mass is 32.2. The number of carbonyl (C=O) groups is 1. The molecule has 0 aliphatic carbocycles. The Labute approximate surface area is 203 Å². The number of hydrogen-bond acceptors (Lipinski definition) is 5. The van der Waals surface area contributed by atoms with Gasteiger partial charge in [0.05, 0.1) is 22.3 Å². The Kier molecular flexibility index (Phi) is 7.09. The van der Waals surface area contributed by atoms with Crippen molar-refractivity contribution >= 4 is 26.8 Å². The highest BCUT2D eigenvalue weighted by Gasteiger charge is 2.22. The second-order valence-corrected chi connectivity index (χ2v) is 9.84. The van der Waals surface area contributed by atoms with Crippen LogP contribution in [0.15, 0.2) is 88.6 Å². The average Bonchev–Trinajstić information content (AvgIpc) is 2.87. The number of nitrogens with zero attached hydrogens (tertiary/aromatic N) is 2. The van der Waals surface area contributed by atoms with Crippen LogP contribution in [0.2, 0.25) is 0 Å². The van der Waals surface area contributed by atoms with Crippen LogP contribution in [0.4, 0.5) is 0 Å². The summed E-state index contributed by atoms with van der Waals surface area (Å²) in [5.41, 5.74) is 1.32. The number of para-hydroxylation sites is 1. The van der Waals surface area contributed by atoms with E-state index in [0.29, 0.717) is 23.3 Å². The van der Waals surface area contributed by atoms with E-state index in [1.807, 2.05) is 30.3 Å². The number of nitrogens with one attached hydrogen (secondary N) is 2. The monoisotopic (exact) mass is 490 g/mol. The maximum atomic E-state index is 13.2. The van der Waals surface area contributed by atoms with E-state index in [2.05, 4.69) is 14.7 Å². The first-order valence-corrected chi connectivity index (χ1v) is 12.7. The second kappa shape index (κ2) is 10.2. The quantitative estimate of drug-likeness (QED) is 0.392. The first kappa shape index (κ1) is 24.3. The standard InChI is InChI=1S/C26H26N4O4S/c1-3-30(17-24-27-23-15-8-7-14-22(23)25(31)28-24)26(32)20-12-9-13-21(16-20)35(33,34)29-18(2)19-10-5-4-6-11-19/h4-16,18,29H,3,17H2,1-2H3,(H,27,28,31). The molecule has 3 aromatic carbocycles. The lowest BCUT2D eigenvalue weighted by molar-refractivity contribution is 0.0748. The van der Waals surface area contributed by atoms with E-state index >= 15 is 0 Å². The van der Waals surface area contributed by atoms with E-state index in [0.717, 1.165) is 5.56 Å². The molecule has 0 fully saturated rings. The van der Waals surface area contributed by atoms with Crippen molar-refractivity contribution in [3.63, 3.8) is 0 Å². The number of fused-ring (bicyclic) bond motifs is 1. The largest absolute Gasteiger partial charge is 0.331 e. The summed E-state index contributed by atoms with van der Waals surface area (Å²) in [5, 5.41) is 0.473. The topological polar surface area (TPSA) is 112 Å². The predicted molar refractivity (Wildman–Crippen MR) is 134 cm³/mol. The average molecular weight is 491 g/mol. The van der Waals surface area contributed by atoms with Gasteiger partial charge in [-0.05, 0) is 49.7 Å². The molecule has 4 rings (SSSR count). The molecule has 0 aliphatic rings. The number of sulfonamides is 1. The second-order valence-electron chi connectivity index (χ2n) is 8.13. The van der Waals surface area contributed by atoms with Crippen LogP contribution in [0.25, 0.3) is 10.9 Å². The van der Waals surface area contributed by atoms with Crippen molar-refractivity contribution in [3.8, 4) is 0 Å². The number of rotatable bonds is 8. The van der Waals surface area contributed by atoms with Crippen molar-refractivity contribution < 1.29 is 13.2 Å². The van der Waals surface area contributed by atoms with Gasteiger partial charge in [-0.1, -0.05) is 48.5 Å². The number of amides is 1. The first-order chi connectivity index (χ1) is 16.8. The molecule has 0 saturated heterocycles. The van der Waals surface area contributed by atoms with Gasteiger partial charge in [0.25, 0.3) is 11.5 Å². The summed E-state index contributed by atoms with van der Waals surface area (Å²) < 4.78 is 28.7. The summed E-state index contributed by atoms with van der Waals surface area (Å²) in [4.78, 5) is 34.3. The third kappa shape index (κ3) is 5.47. The number of carbonyl (C=O) groups excluding carboxylic acids is 1. The number of aromatic nitrogens is 2. The number of H-pyrrole nitrogens is 1. The van der Waals surface area contributed by atoms with Crippen LogP contribution in [0.1, 0.15) is 41.6 Å². The normalized spacial score (nSPS) is 12.4. The van der Waals surface area contributed by atoms with Gasteiger partial charge in [-0.3, -0.25) is 9.59 Å². The molecule has 180 valence electrons. The Morgan fingerprint density at radius 2 is 1.74 bits per heavy atom. The van der Waals surface area contributed by atoms with E-state index in [-0.39, 0.29) is 28.5 Å². The molecule has 1 amide bonds. The van der Waals surface area contributed by atoms with Gasteiger partial charge < -0.3 is 9.88 Å². The molecule has 1 aromatic heterocycles. The minimum absolute atomic E-state index is 0.000536. The SMILES string of the molecule is CCN(Cc1nc2ccccc2c(=O)[nH]1)C(=O)c1cccc(S(=O)(=O)NC(C)c2ccccc2)c1. The van der Waals surface area contributed by atoms with Gasteiger partial charge in [-0.25, -0.2) is 18.1 Å². The van der Waals surface area contributed by atoms with Crippen LogP contribution >= 0.6 is 0 Å². The highest BCUT2D eigenvalue weighted by molar-refractivity contribution is 7.89. The molecule has 1 unspecified atom stereocenters. The lowest BCUT2D eigenvalue weighted by Gasteiger charge is -2.21. The zero-order valence-corrected chi connectivity index (χ0v) is 20.2. The van der Waals surface area contributed by atoms with E-state index in [1.54, 1.807) is 50.2 Å². The molecule has 0 bridgehead atoms. The molecule has 0 radical (unpaired) electrons. The fourth-order valence-corrected chi connectivity index (χ4v) is 5.08. The fourth-order valence-electron chi connectivity index (χ4n) is 3.81. The Hall–Kier alpha value is -3.82. The molecule has 9 heteroatoms. The Morgan fingerprint density at radius 3 is 2.49 bits per heavy atom. The molecular formula is C26H26N4O4S. The van der Waals surface area contributed by atoms with Gasteiger partial charge in [0.2, 0.25) is 10.0 Å². The van der Waals surface area contributed by atoms with Crippen molar-refractivity contribution in [2.24, 2.45) is 0 Å². The molecule has 4 aromatic rings. The number of hydrogen-bond donors (Lipinski definition) is 2. The van der Waals surface area contributed by atoms with Crippen LogP contribution in [0.3, 0.4) is 0 Å². The van der Waals surface area contributed by atoms with Crippen molar-refractivity contribution in [3.05, 3.63) is 106 Å². The molecule has 0 spiro atoms. The smallest absolute Gasteiger partial charge is 0.258 e. The molecule has 0 saturated carbocycles. The summed E-state index contributed by atoms with van der Waals surface area (Å²) in [6.45, 7) is 3.99. The van der Waals surface area contributed by atoms with Crippen molar-refractivity contribution in [2.75, 3.05) is 6.54 Å². The summed E-state index contributed by atoms with van der Waals surface area (Å²) in [6.07, 6.45) is 0. The number of benzene rings is 3. The lowest BCUT2D eigenvalue weighted by Crippen LogP contribution is -2.32. The first-order valence-electron chi connectivity index (χ1n) is 11.2. The fraction of sp³-hybridized carbons (Fsp3) is 0.192. The Morgan fingerprint density at radius 1 is 1.03 bits per heavy atom. The molecule has 2 N–H and O–H groups in total. The minimum Gasteiger partial charge on any atom is -0.331 e. The molecule has 35 heavy (non-hydrogen) atoms. The third-order valence-electron chi connectivity index (χ3n) is 5.69. The van der Waals surface area contributed by atoms with Crippen LogP contribution in [-0.4, -0.2) is 35.7 Å². The maximum Gasteiger partial charge on any atom is 0.258 e. The van der Waals surface area contributed by atoms with Gasteiger partial charge >= 0.3 is 0 Å². The van der Waals surface area contributed by atoms with Crippen molar-refractivity contribution in [2.45, 2.75) is 31.3 Å². The Bertz CT molecular complexity index is 1520.